The molecule has 0 bridgehead atoms. The summed E-state index contributed by atoms with van der Waals surface area (Å²) in [6.07, 6.45) is 2.36. The summed E-state index contributed by atoms with van der Waals surface area (Å²) in [7, 11) is 1.53. The zero-order valence-electron chi connectivity index (χ0n) is 19.7. The molecule has 2 aromatic carbocycles. The van der Waals surface area contributed by atoms with Gasteiger partial charge in [0.25, 0.3) is 0 Å². The molecule has 1 heterocycles. The maximum atomic E-state index is 13.0. The maximum absolute atomic E-state index is 13.0. The Bertz CT molecular complexity index is 1210. The molecule has 0 saturated heterocycles. The van der Waals surface area contributed by atoms with Crippen LogP contribution in [-0.2, 0) is 16.6 Å². The number of alkyl carbamates (subject to hydrolysis) is 1. The zero-order chi connectivity index (χ0) is 24.9. The standard InChI is InChI=1S/C26H28N4O5/c1-3-4-13-22(24(31)29-23-20(25(32)33)14-27-30(23)2)28-26(34)35-15-21-18-11-7-5-9-16(18)17-10-6-8-12-19(17)21/h5-12,14,21-22H,3-4,13,15H2,1-2H3,(H,28,34)(H,29,31)(H,32,33). The van der Waals surface area contributed by atoms with Gasteiger partial charge in [-0.2, -0.15) is 5.10 Å². The van der Waals surface area contributed by atoms with Crippen molar-refractivity contribution in [2.45, 2.75) is 38.1 Å². The molecule has 182 valence electrons. The van der Waals surface area contributed by atoms with Crippen molar-refractivity contribution in [2.75, 3.05) is 11.9 Å². The van der Waals surface area contributed by atoms with Gasteiger partial charge in [0.05, 0.1) is 6.20 Å². The minimum atomic E-state index is -1.21. The van der Waals surface area contributed by atoms with Crippen LogP contribution >= 0.6 is 0 Å². The van der Waals surface area contributed by atoms with E-state index in [-0.39, 0.29) is 23.9 Å². The van der Waals surface area contributed by atoms with Crippen LogP contribution in [0.15, 0.2) is 54.7 Å². The second kappa shape index (κ2) is 10.4. The highest BCUT2D eigenvalue weighted by atomic mass is 16.5. The van der Waals surface area contributed by atoms with Crippen molar-refractivity contribution in [1.29, 1.82) is 0 Å². The summed E-state index contributed by atoms with van der Waals surface area (Å²) in [4.78, 5) is 37.1. The Morgan fingerprint density at radius 1 is 1.09 bits per heavy atom. The van der Waals surface area contributed by atoms with Crippen LogP contribution in [-0.4, -0.2) is 45.5 Å². The lowest BCUT2D eigenvalue weighted by Gasteiger charge is -2.20. The van der Waals surface area contributed by atoms with Gasteiger partial charge in [0.2, 0.25) is 5.91 Å². The number of carbonyl (C=O) groups is 3. The molecule has 3 N–H and O–H groups in total. The predicted molar refractivity (Wildman–Crippen MR) is 130 cm³/mol. The van der Waals surface area contributed by atoms with Crippen molar-refractivity contribution in [1.82, 2.24) is 15.1 Å². The van der Waals surface area contributed by atoms with E-state index in [0.29, 0.717) is 12.8 Å². The monoisotopic (exact) mass is 476 g/mol. The van der Waals surface area contributed by atoms with Gasteiger partial charge in [0.15, 0.2) is 0 Å². The molecule has 0 saturated carbocycles. The third kappa shape index (κ3) is 5.03. The van der Waals surface area contributed by atoms with E-state index in [1.165, 1.54) is 11.7 Å². The molecule has 1 aliphatic rings. The van der Waals surface area contributed by atoms with Gasteiger partial charge < -0.3 is 20.5 Å². The van der Waals surface area contributed by atoms with Crippen LogP contribution in [0.25, 0.3) is 11.1 Å². The number of aromatic carboxylic acids is 1. The van der Waals surface area contributed by atoms with Gasteiger partial charge in [0.1, 0.15) is 24.0 Å². The average Bonchev–Trinajstić information content (AvgIpc) is 3.38. The molecule has 0 fully saturated rings. The lowest BCUT2D eigenvalue weighted by Crippen LogP contribution is -2.44. The number of aromatic nitrogens is 2. The molecule has 3 aromatic rings. The number of aryl methyl sites for hydroxylation is 1. The molecule has 1 aliphatic carbocycles. The normalized spacial score (nSPS) is 13.0. The Hall–Kier alpha value is -4.14. The summed E-state index contributed by atoms with van der Waals surface area (Å²) in [6.45, 7) is 2.11. The quantitative estimate of drug-likeness (QED) is 0.426. The van der Waals surface area contributed by atoms with Crippen molar-refractivity contribution in [3.8, 4) is 11.1 Å². The highest BCUT2D eigenvalue weighted by Crippen LogP contribution is 2.44. The first kappa shape index (κ1) is 24.0. The summed E-state index contributed by atoms with van der Waals surface area (Å²) in [5.74, 6) is -1.77. The second-order valence-electron chi connectivity index (χ2n) is 8.49. The van der Waals surface area contributed by atoms with E-state index >= 15 is 0 Å². The summed E-state index contributed by atoms with van der Waals surface area (Å²) in [5, 5.41) is 18.5. The Kier molecular flexibility index (Phi) is 7.14. The van der Waals surface area contributed by atoms with Crippen LogP contribution in [0.2, 0.25) is 0 Å². The van der Waals surface area contributed by atoms with Gasteiger partial charge in [-0.3, -0.25) is 9.48 Å². The summed E-state index contributed by atoms with van der Waals surface area (Å²) >= 11 is 0. The Morgan fingerprint density at radius 2 is 1.71 bits per heavy atom. The van der Waals surface area contributed by atoms with Crippen LogP contribution in [0.5, 0.6) is 0 Å². The molecule has 9 heteroatoms. The molecule has 2 amide bonds. The molecule has 0 aliphatic heterocycles. The summed E-state index contributed by atoms with van der Waals surface area (Å²) in [5.41, 5.74) is 4.32. The number of amides is 2. The maximum Gasteiger partial charge on any atom is 0.407 e. The van der Waals surface area contributed by atoms with E-state index in [0.717, 1.165) is 34.9 Å². The number of carbonyl (C=O) groups excluding carboxylic acids is 2. The Labute approximate surface area is 203 Å². The number of rotatable bonds is 9. The highest BCUT2D eigenvalue weighted by molar-refractivity contribution is 6.01. The van der Waals surface area contributed by atoms with E-state index in [4.69, 9.17) is 4.74 Å². The fourth-order valence-electron chi connectivity index (χ4n) is 4.41. The number of carboxylic acid groups (broad SMARTS) is 1. The first-order valence-electron chi connectivity index (χ1n) is 11.6. The van der Waals surface area contributed by atoms with Crippen molar-refractivity contribution < 1.29 is 24.2 Å². The van der Waals surface area contributed by atoms with Gasteiger partial charge in [-0.1, -0.05) is 68.3 Å². The van der Waals surface area contributed by atoms with Crippen molar-refractivity contribution >= 4 is 23.8 Å². The molecule has 0 radical (unpaired) electrons. The molecule has 9 nitrogen and oxygen atoms in total. The third-order valence-corrected chi connectivity index (χ3v) is 6.21. The molecule has 0 spiro atoms. The number of hydrogen-bond acceptors (Lipinski definition) is 5. The van der Waals surface area contributed by atoms with Gasteiger partial charge >= 0.3 is 12.1 Å². The Morgan fingerprint density at radius 3 is 2.31 bits per heavy atom. The first-order chi connectivity index (χ1) is 16.9. The van der Waals surface area contributed by atoms with Crippen LogP contribution < -0.4 is 10.6 Å². The topological polar surface area (TPSA) is 123 Å². The molecule has 1 aromatic heterocycles. The van der Waals surface area contributed by atoms with Gasteiger partial charge in [0, 0.05) is 13.0 Å². The van der Waals surface area contributed by atoms with Gasteiger partial charge in [-0.05, 0) is 28.7 Å². The minimum absolute atomic E-state index is 0.0540. The highest BCUT2D eigenvalue weighted by Gasteiger charge is 2.30. The fourth-order valence-corrected chi connectivity index (χ4v) is 4.41. The van der Waals surface area contributed by atoms with Gasteiger partial charge in [-0.15, -0.1) is 0 Å². The minimum Gasteiger partial charge on any atom is -0.477 e. The largest absolute Gasteiger partial charge is 0.477 e. The number of nitrogens with one attached hydrogen (secondary N) is 2. The number of carboxylic acids is 1. The average molecular weight is 477 g/mol. The number of unbranched alkanes of at least 4 members (excludes halogenated alkanes) is 1. The molecule has 35 heavy (non-hydrogen) atoms. The fraction of sp³-hybridized carbons (Fsp3) is 0.308. The molecular weight excluding hydrogens is 448 g/mol. The number of hydrogen-bond donors (Lipinski definition) is 3. The van der Waals surface area contributed by atoms with Crippen molar-refractivity contribution in [3.05, 3.63) is 71.4 Å². The van der Waals surface area contributed by atoms with E-state index in [1.54, 1.807) is 0 Å². The number of benzene rings is 2. The lowest BCUT2D eigenvalue weighted by atomic mass is 9.98. The van der Waals surface area contributed by atoms with E-state index in [9.17, 15) is 19.5 Å². The summed E-state index contributed by atoms with van der Waals surface area (Å²) in [6, 6.07) is 15.2. The third-order valence-electron chi connectivity index (χ3n) is 6.21. The van der Waals surface area contributed by atoms with Crippen molar-refractivity contribution in [3.63, 3.8) is 0 Å². The second-order valence-corrected chi connectivity index (χ2v) is 8.49. The van der Waals surface area contributed by atoms with E-state index in [1.807, 2.05) is 43.3 Å². The van der Waals surface area contributed by atoms with Crippen LogP contribution in [0.3, 0.4) is 0 Å². The lowest BCUT2D eigenvalue weighted by molar-refractivity contribution is -0.118. The Balaban J connectivity index is 1.44. The van der Waals surface area contributed by atoms with Gasteiger partial charge in [-0.25, -0.2) is 9.59 Å². The number of nitrogens with zero attached hydrogens (tertiary/aromatic N) is 2. The van der Waals surface area contributed by atoms with Crippen LogP contribution in [0.1, 0.15) is 53.6 Å². The number of fused-ring (bicyclic) bond motifs is 3. The molecule has 1 atom stereocenters. The molecule has 4 rings (SSSR count). The zero-order valence-corrected chi connectivity index (χ0v) is 19.7. The smallest absolute Gasteiger partial charge is 0.407 e. The summed E-state index contributed by atoms with van der Waals surface area (Å²) < 4.78 is 6.85. The van der Waals surface area contributed by atoms with Crippen molar-refractivity contribution in [2.24, 2.45) is 7.05 Å². The number of ether oxygens (including phenoxy) is 1. The van der Waals surface area contributed by atoms with E-state index in [2.05, 4.69) is 27.9 Å². The first-order valence-corrected chi connectivity index (χ1v) is 11.6. The van der Waals surface area contributed by atoms with Crippen LogP contribution in [0, 0.1) is 0 Å². The van der Waals surface area contributed by atoms with E-state index < -0.39 is 24.0 Å². The SMILES string of the molecule is CCCCC(NC(=O)OCC1c2ccccc2-c2ccccc21)C(=O)Nc1c(C(=O)O)cnn1C. The molecular formula is C26H28N4O5. The number of anilines is 1. The molecule has 1 unspecified atom stereocenters. The predicted octanol–water partition coefficient (Wildman–Crippen LogP) is 4.15. The van der Waals surface area contributed by atoms with Crippen LogP contribution in [0.4, 0.5) is 10.6 Å².